The van der Waals surface area contributed by atoms with Gasteiger partial charge in [-0.05, 0) is 31.0 Å². The Labute approximate surface area is 117 Å². The van der Waals surface area contributed by atoms with Crippen molar-refractivity contribution in [3.63, 3.8) is 0 Å². The molecule has 1 heterocycles. The van der Waals surface area contributed by atoms with Crippen LogP contribution >= 0.6 is 15.9 Å². The van der Waals surface area contributed by atoms with Crippen molar-refractivity contribution >= 4 is 15.9 Å². The molecule has 2 N–H and O–H groups in total. The molecule has 0 radical (unpaired) electrons. The quantitative estimate of drug-likeness (QED) is 0.932. The molecule has 1 fully saturated rings. The minimum atomic E-state index is 0.115. The van der Waals surface area contributed by atoms with Gasteiger partial charge in [0.25, 0.3) is 0 Å². The van der Waals surface area contributed by atoms with Gasteiger partial charge in [0.05, 0.1) is 6.61 Å². The molecule has 4 heteroatoms. The zero-order valence-corrected chi connectivity index (χ0v) is 12.4. The molecule has 0 amide bonds. The van der Waals surface area contributed by atoms with Crippen LogP contribution in [0.2, 0.25) is 0 Å². The number of hydrogen-bond acceptors (Lipinski definition) is 3. The predicted molar refractivity (Wildman–Crippen MR) is 77.5 cm³/mol. The molecule has 100 valence electrons. The van der Waals surface area contributed by atoms with Crippen molar-refractivity contribution in [3.05, 3.63) is 34.3 Å². The van der Waals surface area contributed by atoms with Gasteiger partial charge < -0.3 is 10.5 Å². The maximum absolute atomic E-state index is 6.19. The Bertz CT molecular complexity index is 359. The van der Waals surface area contributed by atoms with Crippen molar-refractivity contribution in [2.75, 3.05) is 26.3 Å². The number of hydrogen-bond donors (Lipinski definition) is 1. The van der Waals surface area contributed by atoms with Crippen molar-refractivity contribution < 1.29 is 4.74 Å². The van der Waals surface area contributed by atoms with E-state index in [0.717, 1.165) is 37.2 Å². The molecular weight excluding hydrogens is 292 g/mol. The first-order valence-electron chi connectivity index (χ1n) is 6.51. The molecular formula is C14H21BrN2O. The van der Waals surface area contributed by atoms with Gasteiger partial charge in [0, 0.05) is 36.3 Å². The summed E-state index contributed by atoms with van der Waals surface area (Å²) >= 11 is 3.48. The smallest absolute Gasteiger partial charge is 0.0593 e. The maximum atomic E-state index is 6.19. The molecule has 0 spiro atoms. The summed E-state index contributed by atoms with van der Waals surface area (Å²) in [6, 6.07) is 8.87. The standard InChI is InChI=1S/C14H21BrN2O/c1-11(16)14(12-3-5-13(15)6-4-12)17-7-2-9-18-10-8-17/h3-6,11,14H,2,7-10,16H2,1H3. The third kappa shape index (κ3) is 3.54. The van der Waals surface area contributed by atoms with E-state index in [-0.39, 0.29) is 12.1 Å². The monoisotopic (exact) mass is 312 g/mol. The van der Waals surface area contributed by atoms with Gasteiger partial charge in [0.15, 0.2) is 0 Å². The summed E-state index contributed by atoms with van der Waals surface area (Å²) in [6.45, 7) is 5.77. The molecule has 2 unspecified atom stereocenters. The van der Waals surface area contributed by atoms with Gasteiger partial charge in [0.1, 0.15) is 0 Å². The van der Waals surface area contributed by atoms with Gasteiger partial charge >= 0.3 is 0 Å². The Balaban J connectivity index is 2.18. The SMILES string of the molecule is CC(N)C(c1ccc(Br)cc1)N1CCCOCC1. The second-order valence-corrected chi connectivity index (χ2v) is 5.77. The minimum Gasteiger partial charge on any atom is -0.380 e. The summed E-state index contributed by atoms with van der Waals surface area (Å²) < 4.78 is 6.63. The fraction of sp³-hybridized carbons (Fsp3) is 0.571. The molecule has 2 atom stereocenters. The molecule has 18 heavy (non-hydrogen) atoms. The van der Waals surface area contributed by atoms with Crippen molar-refractivity contribution in [2.24, 2.45) is 5.73 Å². The lowest BCUT2D eigenvalue weighted by atomic mass is 9.99. The van der Waals surface area contributed by atoms with Crippen LogP contribution < -0.4 is 5.73 Å². The van der Waals surface area contributed by atoms with Crippen molar-refractivity contribution in [1.82, 2.24) is 4.90 Å². The van der Waals surface area contributed by atoms with E-state index in [1.807, 2.05) is 0 Å². The average molecular weight is 313 g/mol. The number of nitrogens with zero attached hydrogens (tertiary/aromatic N) is 1. The van der Waals surface area contributed by atoms with Crippen molar-refractivity contribution in [3.8, 4) is 0 Å². The summed E-state index contributed by atoms with van der Waals surface area (Å²) in [5, 5.41) is 0. The van der Waals surface area contributed by atoms with Gasteiger partial charge in [-0.1, -0.05) is 28.1 Å². The van der Waals surface area contributed by atoms with Crippen LogP contribution in [0, 0.1) is 0 Å². The highest BCUT2D eigenvalue weighted by Gasteiger charge is 2.24. The van der Waals surface area contributed by atoms with Crippen LogP contribution in [0.3, 0.4) is 0 Å². The van der Waals surface area contributed by atoms with E-state index in [0.29, 0.717) is 0 Å². The molecule has 2 rings (SSSR count). The summed E-state index contributed by atoms with van der Waals surface area (Å²) in [6.07, 6.45) is 1.08. The Kier molecular flexibility index (Phi) is 5.18. The summed E-state index contributed by atoms with van der Waals surface area (Å²) in [4.78, 5) is 2.45. The lowest BCUT2D eigenvalue weighted by Crippen LogP contribution is -2.40. The Morgan fingerprint density at radius 3 is 2.61 bits per heavy atom. The van der Waals surface area contributed by atoms with Gasteiger partial charge in [-0.15, -0.1) is 0 Å². The molecule has 0 bridgehead atoms. The molecule has 1 aliphatic heterocycles. The fourth-order valence-electron chi connectivity index (χ4n) is 2.55. The largest absolute Gasteiger partial charge is 0.380 e. The number of rotatable bonds is 3. The molecule has 1 aliphatic rings. The second kappa shape index (κ2) is 6.66. The Morgan fingerprint density at radius 2 is 1.94 bits per heavy atom. The fourth-order valence-corrected chi connectivity index (χ4v) is 2.81. The molecule has 0 saturated carbocycles. The van der Waals surface area contributed by atoms with E-state index < -0.39 is 0 Å². The molecule has 1 saturated heterocycles. The second-order valence-electron chi connectivity index (χ2n) is 4.86. The van der Waals surface area contributed by atoms with Crippen LogP contribution in [0.5, 0.6) is 0 Å². The third-order valence-corrected chi connectivity index (χ3v) is 3.89. The predicted octanol–water partition coefficient (Wildman–Crippen LogP) is 2.56. The first-order chi connectivity index (χ1) is 8.68. The normalized spacial score (nSPS) is 21.3. The lowest BCUT2D eigenvalue weighted by molar-refractivity contribution is 0.127. The molecule has 3 nitrogen and oxygen atoms in total. The zero-order valence-electron chi connectivity index (χ0n) is 10.8. The third-order valence-electron chi connectivity index (χ3n) is 3.36. The molecule has 1 aromatic carbocycles. The van der Waals surface area contributed by atoms with Crippen LogP contribution in [0.1, 0.15) is 24.9 Å². The van der Waals surface area contributed by atoms with E-state index >= 15 is 0 Å². The molecule has 0 aliphatic carbocycles. The summed E-state index contributed by atoms with van der Waals surface area (Å²) in [7, 11) is 0. The van der Waals surface area contributed by atoms with E-state index in [1.165, 1.54) is 5.56 Å². The Morgan fingerprint density at radius 1 is 1.22 bits per heavy atom. The molecule has 1 aromatic rings. The molecule has 0 aromatic heterocycles. The highest BCUT2D eigenvalue weighted by atomic mass is 79.9. The number of halogens is 1. The van der Waals surface area contributed by atoms with Crippen molar-refractivity contribution in [1.29, 1.82) is 0 Å². The van der Waals surface area contributed by atoms with E-state index in [9.17, 15) is 0 Å². The van der Waals surface area contributed by atoms with Crippen LogP contribution in [0.15, 0.2) is 28.7 Å². The highest BCUT2D eigenvalue weighted by molar-refractivity contribution is 9.10. The number of benzene rings is 1. The minimum absolute atomic E-state index is 0.115. The van der Waals surface area contributed by atoms with Crippen molar-refractivity contribution in [2.45, 2.75) is 25.4 Å². The van der Waals surface area contributed by atoms with Gasteiger partial charge in [-0.25, -0.2) is 0 Å². The maximum Gasteiger partial charge on any atom is 0.0593 e. The van der Waals surface area contributed by atoms with Gasteiger partial charge in [0.2, 0.25) is 0 Å². The first-order valence-corrected chi connectivity index (χ1v) is 7.30. The summed E-state index contributed by atoms with van der Waals surface area (Å²) in [5.74, 6) is 0. The highest BCUT2D eigenvalue weighted by Crippen LogP contribution is 2.25. The average Bonchev–Trinajstić information content (AvgIpc) is 2.60. The number of nitrogens with two attached hydrogens (primary N) is 1. The van der Waals surface area contributed by atoms with Crippen LogP contribution in [0.25, 0.3) is 0 Å². The van der Waals surface area contributed by atoms with Crippen LogP contribution in [-0.2, 0) is 4.74 Å². The van der Waals surface area contributed by atoms with Crippen LogP contribution in [-0.4, -0.2) is 37.2 Å². The zero-order chi connectivity index (χ0) is 13.0. The van der Waals surface area contributed by atoms with E-state index in [4.69, 9.17) is 10.5 Å². The van der Waals surface area contributed by atoms with Gasteiger partial charge in [-0.3, -0.25) is 4.90 Å². The van der Waals surface area contributed by atoms with Gasteiger partial charge in [-0.2, -0.15) is 0 Å². The van der Waals surface area contributed by atoms with E-state index in [1.54, 1.807) is 0 Å². The topological polar surface area (TPSA) is 38.5 Å². The number of ether oxygens (including phenoxy) is 1. The summed E-state index contributed by atoms with van der Waals surface area (Å²) in [5.41, 5.74) is 7.48. The first kappa shape index (κ1) is 14.0. The van der Waals surface area contributed by atoms with E-state index in [2.05, 4.69) is 52.0 Å². The lowest BCUT2D eigenvalue weighted by Gasteiger charge is -2.33. The Hall–Kier alpha value is -0.420. The van der Waals surface area contributed by atoms with Crippen LogP contribution in [0.4, 0.5) is 0 Å².